The van der Waals surface area contributed by atoms with Gasteiger partial charge in [-0.25, -0.2) is 0 Å². The molecule has 1 unspecified atom stereocenters. The molecule has 1 atom stereocenters. The van der Waals surface area contributed by atoms with Crippen LogP contribution in [0.25, 0.3) is 10.9 Å². The molecule has 1 aromatic heterocycles. The minimum absolute atomic E-state index is 0.436. The molecule has 0 bridgehead atoms. The van der Waals surface area contributed by atoms with E-state index in [1.165, 1.54) is 10.9 Å². The van der Waals surface area contributed by atoms with E-state index in [0.717, 1.165) is 4.47 Å². The maximum absolute atomic E-state index is 3.59. The first kappa shape index (κ1) is 9.78. The molecule has 1 aromatic carbocycles. The fraction of sp³-hybridized carbons (Fsp3) is 0.250. The van der Waals surface area contributed by atoms with E-state index in [-0.39, 0.29) is 0 Å². The van der Waals surface area contributed by atoms with Crippen LogP contribution in [0.4, 0.5) is 0 Å². The summed E-state index contributed by atoms with van der Waals surface area (Å²) in [6.07, 6.45) is 4.33. The van der Waals surface area contributed by atoms with Crippen LogP contribution in [0.1, 0.15) is 19.9 Å². The molecule has 0 aliphatic heterocycles. The van der Waals surface area contributed by atoms with Gasteiger partial charge in [0.2, 0.25) is 0 Å². The average Bonchev–Trinajstić information content (AvgIpc) is 2.62. The second-order valence-corrected chi connectivity index (χ2v) is 4.33. The van der Waals surface area contributed by atoms with Crippen LogP contribution in [0.5, 0.6) is 0 Å². The van der Waals surface area contributed by atoms with Crippen LogP contribution in [-0.4, -0.2) is 4.57 Å². The van der Waals surface area contributed by atoms with Crippen LogP contribution >= 0.6 is 15.9 Å². The topological polar surface area (TPSA) is 4.93 Å². The molecule has 2 rings (SSSR count). The van der Waals surface area contributed by atoms with Crippen molar-refractivity contribution in [1.29, 1.82) is 0 Å². The highest BCUT2D eigenvalue weighted by Crippen LogP contribution is 2.27. The highest BCUT2D eigenvalue weighted by atomic mass is 79.9. The summed E-state index contributed by atoms with van der Waals surface area (Å²) < 4.78 is 3.44. The fourth-order valence-electron chi connectivity index (χ4n) is 1.67. The van der Waals surface area contributed by atoms with Crippen molar-refractivity contribution in [2.75, 3.05) is 0 Å². The quantitative estimate of drug-likeness (QED) is 0.754. The lowest BCUT2D eigenvalue weighted by Crippen LogP contribution is -2.02. The summed E-state index contributed by atoms with van der Waals surface area (Å²) in [6, 6.07) is 8.88. The molecule has 0 aliphatic carbocycles. The second-order valence-electron chi connectivity index (χ2n) is 3.47. The van der Waals surface area contributed by atoms with Crippen LogP contribution in [0.2, 0.25) is 0 Å². The Hall–Kier alpha value is -0.760. The molecule has 1 radical (unpaired) electrons. The van der Waals surface area contributed by atoms with Crippen LogP contribution in [0.3, 0.4) is 0 Å². The molecule has 1 heterocycles. The number of hydrogen-bond acceptors (Lipinski definition) is 0. The summed E-state index contributed by atoms with van der Waals surface area (Å²) in [5.74, 6) is 0. The second kappa shape index (κ2) is 3.77. The van der Waals surface area contributed by atoms with Crippen molar-refractivity contribution in [3.63, 3.8) is 0 Å². The summed E-state index contributed by atoms with van der Waals surface area (Å²) in [6.45, 7) is 4.28. The third kappa shape index (κ3) is 1.48. The summed E-state index contributed by atoms with van der Waals surface area (Å²) in [5, 5.41) is 1.29. The highest BCUT2D eigenvalue weighted by molar-refractivity contribution is 9.10. The van der Waals surface area contributed by atoms with Gasteiger partial charge in [0.1, 0.15) is 0 Å². The maximum atomic E-state index is 3.59. The van der Waals surface area contributed by atoms with Gasteiger partial charge >= 0.3 is 0 Å². The molecule has 2 heteroatoms. The van der Waals surface area contributed by atoms with Gasteiger partial charge in [-0.15, -0.1) is 0 Å². The van der Waals surface area contributed by atoms with Gasteiger partial charge < -0.3 is 4.57 Å². The van der Waals surface area contributed by atoms with Crippen molar-refractivity contribution in [2.45, 2.75) is 19.9 Å². The van der Waals surface area contributed by atoms with Gasteiger partial charge in [-0.2, -0.15) is 0 Å². The predicted octanol–water partition coefficient (Wildman–Crippen LogP) is 4.19. The average molecular weight is 251 g/mol. The fourth-order valence-corrected chi connectivity index (χ4v) is 2.26. The Morgan fingerprint density at radius 2 is 2.14 bits per heavy atom. The zero-order valence-electron chi connectivity index (χ0n) is 8.37. The highest BCUT2D eigenvalue weighted by Gasteiger charge is 2.08. The Morgan fingerprint density at radius 3 is 2.86 bits per heavy atom. The van der Waals surface area contributed by atoms with Crippen molar-refractivity contribution in [3.8, 4) is 0 Å². The van der Waals surface area contributed by atoms with Crippen molar-refractivity contribution in [3.05, 3.63) is 41.4 Å². The summed E-state index contributed by atoms with van der Waals surface area (Å²) >= 11 is 3.59. The number of aromatic nitrogens is 1. The molecule has 0 fully saturated rings. The van der Waals surface area contributed by atoms with Gasteiger partial charge in [0, 0.05) is 22.1 Å². The number of para-hydroxylation sites is 1. The standard InChI is InChI=1S/C12H13BrN/c1-3-9(2)14-8-7-10-5-4-6-11(13)12(10)14/h3-9H,1-2H3. The number of hydrogen-bond donors (Lipinski definition) is 0. The third-order valence-corrected chi connectivity index (χ3v) is 3.25. The number of fused-ring (bicyclic) bond motifs is 1. The van der Waals surface area contributed by atoms with E-state index in [1.807, 2.05) is 0 Å². The first-order valence-corrected chi connectivity index (χ1v) is 5.58. The Balaban J connectivity index is 2.67. The minimum atomic E-state index is 0.436. The van der Waals surface area contributed by atoms with Crippen LogP contribution in [0, 0.1) is 6.42 Å². The largest absolute Gasteiger partial charge is 0.344 e. The van der Waals surface area contributed by atoms with Crippen LogP contribution in [-0.2, 0) is 0 Å². The molecule has 0 saturated carbocycles. The van der Waals surface area contributed by atoms with E-state index in [1.54, 1.807) is 0 Å². The van der Waals surface area contributed by atoms with E-state index >= 15 is 0 Å². The molecule has 14 heavy (non-hydrogen) atoms. The van der Waals surface area contributed by atoms with Crippen molar-refractivity contribution in [1.82, 2.24) is 4.57 Å². The van der Waals surface area contributed by atoms with E-state index < -0.39 is 0 Å². The molecule has 1 nitrogen and oxygen atoms in total. The van der Waals surface area contributed by atoms with E-state index in [2.05, 4.69) is 71.2 Å². The minimum Gasteiger partial charge on any atom is -0.344 e. The molecule has 0 aliphatic rings. The van der Waals surface area contributed by atoms with E-state index in [0.29, 0.717) is 6.04 Å². The smallest absolute Gasteiger partial charge is 0.0627 e. The SMILES string of the molecule is C[CH]C(C)n1ccc2cccc(Br)c21. The van der Waals surface area contributed by atoms with E-state index in [4.69, 9.17) is 0 Å². The third-order valence-electron chi connectivity index (χ3n) is 2.61. The molecule has 0 saturated heterocycles. The number of halogens is 1. The van der Waals surface area contributed by atoms with Gasteiger partial charge in [0.15, 0.2) is 0 Å². The number of rotatable bonds is 2. The van der Waals surface area contributed by atoms with Crippen molar-refractivity contribution in [2.24, 2.45) is 0 Å². The molecule has 2 aromatic rings. The molecule has 0 amide bonds. The maximum Gasteiger partial charge on any atom is 0.0627 e. The normalized spacial score (nSPS) is 13.4. The van der Waals surface area contributed by atoms with Crippen molar-refractivity contribution < 1.29 is 0 Å². The predicted molar refractivity (Wildman–Crippen MR) is 64.3 cm³/mol. The van der Waals surface area contributed by atoms with E-state index in [9.17, 15) is 0 Å². The zero-order chi connectivity index (χ0) is 10.1. The van der Waals surface area contributed by atoms with Gasteiger partial charge in [-0.1, -0.05) is 19.1 Å². The Kier molecular flexibility index (Phi) is 2.64. The molecule has 0 N–H and O–H groups in total. The first-order valence-electron chi connectivity index (χ1n) is 4.78. The van der Waals surface area contributed by atoms with Gasteiger partial charge in [-0.05, 0) is 41.4 Å². The lowest BCUT2D eigenvalue weighted by Gasteiger charge is -2.13. The summed E-state index contributed by atoms with van der Waals surface area (Å²) in [5.41, 5.74) is 1.28. The number of benzene rings is 1. The Bertz CT molecular complexity index is 445. The van der Waals surface area contributed by atoms with Gasteiger partial charge in [0.05, 0.1) is 5.52 Å². The van der Waals surface area contributed by atoms with Gasteiger partial charge in [0.25, 0.3) is 0 Å². The zero-order valence-corrected chi connectivity index (χ0v) is 9.95. The number of nitrogens with zero attached hydrogens (tertiary/aromatic N) is 1. The molecule has 73 valence electrons. The first-order chi connectivity index (χ1) is 6.74. The monoisotopic (exact) mass is 250 g/mol. The summed E-state index contributed by atoms with van der Waals surface area (Å²) in [4.78, 5) is 0. The van der Waals surface area contributed by atoms with Crippen molar-refractivity contribution >= 4 is 26.8 Å². The van der Waals surface area contributed by atoms with Crippen LogP contribution < -0.4 is 0 Å². The Labute approximate surface area is 92.9 Å². The molecular weight excluding hydrogens is 238 g/mol. The lowest BCUT2D eigenvalue weighted by atomic mass is 10.2. The Morgan fingerprint density at radius 1 is 1.36 bits per heavy atom. The summed E-state index contributed by atoms with van der Waals surface area (Å²) in [7, 11) is 0. The van der Waals surface area contributed by atoms with Crippen LogP contribution in [0.15, 0.2) is 34.9 Å². The van der Waals surface area contributed by atoms with Gasteiger partial charge in [-0.3, -0.25) is 0 Å². The molecular formula is C12H13BrN. The molecule has 0 spiro atoms. The lowest BCUT2D eigenvalue weighted by molar-refractivity contribution is 0.643.